The first kappa shape index (κ1) is 16.5. The summed E-state index contributed by atoms with van der Waals surface area (Å²) in [4.78, 5) is 17.6. The highest BCUT2D eigenvalue weighted by Gasteiger charge is 2.27. The van der Waals surface area contributed by atoms with Crippen molar-refractivity contribution < 1.29 is 18.7 Å². The predicted molar refractivity (Wildman–Crippen MR) is 98.8 cm³/mol. The highest BCUT2D eigenvalue weighted by Crippen LogP contribution is 2.37. The van der Waals surface area contributed by atoms with Gasteiger partial charge in [0.1, 0.15) is 12.4 Å². The fourth-order valence-electron chi connectivity index (χ4n) is 3.35. The first-order chi connectivity index (χ1) is 12.8. The van der Waals surface area contributed by atoms with Crippen LogP contribution in [0.5, 0.6) is 0 Å². The highest BCUT2D eigenvalue weighted by atomic mass is 16.6. The molecule has 2 aromatic heterocycles. The number of para-hydroxylation sites is 1. The van der Waals surface area contributed by atoms with Crippen LogP contribution in [0.4, 0.5) is 0 Å². The van der Waals surface area contributed by atoms with Crippen LogP contribution in [0.1, 0.15) is 33.8 Å². The molecule has 132 valence electrons. The number of pyridine rings is 1. The molecule has 0 N–H and O–H groups in total. The minimum absolute atomic E-state index is 0.232. The number of carbonyl (C=O) groups is 1. The largest absolute Gasteiger partial charge is 0.465 e. The smallest absolute Gasteiger partial charge is 0.339 e. The van der Waals surface area contributed by atoms with E-state index in [2.05, 4.69) is 0 Å². The number of fused-ring (bicyclic) bond motifs is 2. The Morgan fingerprint density at radius 3 is 2.88 bits per heavy atom. The van der Waals surface area contributed by atoms with E-state index in [1.807, 2.05) is 42.5 Å². The average Bonchev–Trinajstić information content (AvgIpc) is 3.30. The van der Waals surface area contributed by atoms with Crippen LogP contribution in [-0.2, 0) is 15.9 Å². The fourth-order valence-corrected chi connectivity index (χ4v) is 3.35. The van der Waals surface area contributed by atoms with Crippen LogP contribution in [0.3, 0.4) is 0 Å². The number of furan rings is 1. The van der Waals surface area contributed by atoms with Crippen molar-refractivity contribution in [2.45, 2.75) is 12.8 Å². The van der Waals surface area contributed by atoms with E-state index in [9.17, 15) is 4.79 Å². The predicted octanol–water partition coefficient (Wildman–Crippen LogP) is 4.12. The van der Waals surface area contributed by atoms with E-state index in [-0.39, 0.29) is 12.6 Å². The number of allylic oxidation sites excluding steroid dienone is 1. The first-order valence-electron chi connectivity index (χ1n) is 8.60. The maximum absolute atomic E-state index is 12.8. The van der Waals surface area contributed by atoms with Gasteiger partial charge in [-0.15, -0.1) is 0 Å². The summed E-state index contributed by atoms with van der Waals surface area (Å²) in [6, 6.07) is 11.4. The summed E-state index contributed by atoms with van der Waals surface area (Å²) < 4.78 is 15.8. The van der Waals surface area contributed by atoms with E-state index in [0.29, 0.717) is 12.2 Å². The molecule has 1 aliphatic carbocycles. The molecular weight excluding hydrogens is 330 g/mol. The van der Waals surface area contributed by atoms with Crippen molar-refractivity contribution >= 4 is 28.5 Å². The van der Waals surface area contributed by atoms with Crippen LogP contribution in [0, 0.1) is 0 Å². The van der Waals surface area contributed by atoms with Crippen molar-refractivity contribution in [1.82, 2.24) is 4.98 Å². The lowest BCUT2D eigenvalue weighted by atomic mass is 10.0. The van der Waals surface area contributed by atoms with Crippen LogP contribution >= 0.6 is 0 Å². The molecule has 0 amide bonds. The van der Waals surface area contributed by atoms with E-state index in [4.69, 9.17) is 18.9 Å². The molecular formula is C21H19NO4. The molecule has 0 atom stereocenters. The summed E-state index contributed by atoms with van der Waals surface area (Å²) in [5, 5.41) is 0.827. The Morgan fingerprint density at radius 2 is 2.08 bits per heavy atom. The Hall–Kier alpha value is -2.92. The molecule has 0 aliphatic heterocycles. The second-order valence-electron chi connectivity index (χ2n) is 6.14. The zero-order chi connectivity index (χ0) is 17.9. The molecule has 0 saturated carbocycles. The maximum atomic E-state index is 12.8. The lowest BCUT2D eigenvalue weighted by Crippen LogP contribution is -2.13. The average molecular weight is 349 g/mol. The molecule has 0 saturated heterocycles. The van der Waals surface area contributed by atoms with E-state index < -0.39 is 0 Å². The SMILES string of the molecule is COCCOC(=O)c1c2c(nc3ccccc13)/C(=C\c1ccco1)CC2. The monoisotopic (exact) mass is 349 g/mol. The van der Waals surface area contributed by atoms with Crippen molar-refractivity contribution in [3.63, 3.8) is 0 Å². The zero-order valence-corrected chi connectivity index (χ0v) is 14.5. The molecule has 0 unspecified atom stereocenters. The molecule has 1 aliphatic rings. The van der Waals surface area contributed by atoms with E-state index >= 15 is 0 Å². The minimum Gasteiger partial charge on any atom is -0.465 e. The standard InChI is InChI=1S/C21H19NO4/c1-24-11-12-26-21(23)19-16-6-2-3-7-18(16)22-20-14(8-9-17(19)20)13-15-5-4-10-25-15/h2-7,10,13H,8-9,11-12H2,1H3/b14-13-. The molecule has 4 rings (SSSR count). The number of carbonyl (C=O) groups excluding carboxylic acids is 1. The second-order valence-corrected chi connectivity index (χ2v) is 6.14. The van der Waals surface area contributed by atoms with Crippen LogP contribution in [0.2, 0.25) is 0 Å². The topological polar surface area (TPSA) is 61.6 Å². The number of hydrogen-bond acceptors (Lipinski definition) is 5. The van der Waals surface area contributed by atoms with Crippen molar-refractivity contribution in [3.8, 4) is 0 Å². The van der Waals surface area contributed by atoms with Gasteiger partial charge in [-0.3, -0.25) is 0 Å². The summed E-state index contributed by atoms with van der Waals surface area (Å²) in [6.07, 6.45) is 5.22. The van der Waals surface area contributed by atoms with Gasteiger partial charge in [0.15, 0.2) is 0 Å². The summed E-state index contributed by atoms with van der Waals surface area (Å²) in [7, 11) is 1.58. The van der Waals surface area contributed by atoms with Crippen molar-refractivity contribution in [1.29, 1.82) is 0 Å². The van der Waals surface area contributed by atoms with Crippen molar-refractivity contribution in [3.05, 3.63) is 65.2 Å². The number of benzene rings is 1. The molecule has 3 aromatic rings. The van der Waals surface area contributed by atoms with Crippen LogP contribution in [0.25, 0.3) is 22.6 Å². The number of aromatic nitrogens is 1. The quantitative estimate of drug-likeness (QED) is 0.512. The number of rotatable bonds is 5. The van der Waals surface area contributed by atoms with E-state index in [1.54, 1.807) is 13.4 Å². The highest BCUT2D eigenvalue weighted by molar-refractivity contribution is 6.07. The lowest BCUT2D eigenvalue weighted by molar-refractivity contribution is 0.0389. The Bertz CT molecular complexity index is 973. The van der Waals surface area contributed by atoms with Gasteiger partial charge in [0.05, 0.1) is 29.6 Å². The Morgan fingerprint density at radius 1 is 1.19 bits per heavy atom. The number of ether oxygens (including phenoxy) is 2. The van der Waals surface area contributed by atoms with Gasteiger partial charge in [-0.2, -0.15) is 0 Å². The molecule has 2 heterocycles. The first-order valence-corrected chi connectivity index (χ1v) is 8.60. The molecule has 0 fully saturated rings. The van der Waals surface area contributed by atoms with E-state index in [1.165, 1.54) is 0 Å². The van der Waals surface area contributed by atoms with Gasteiger partial charge in [0, 0.05) is 12.5 Å². The summed E-state index contributed by atoms with van der Waals surface area (Å²) in [6.45, 7) is 0.608. The maximum Gasteiger partial charge on any atom is 0.339 e. The van der Waals surface area contributed by atoms with Gasteiger partial charge in [-0.05, 0) is 48.3 Å². The van der Waals surface area contributed by atoms with Gasteiger partial charge < -0.3 is 13.9 Å². The minimum atomic E-state index is -0.323. The molecule has 1 aromatic carbocycles. The number of nitrogens with zero attached hydrogens (tertiary/aromatic N) is 1. The number of hydrogen-bond donors (Lipinski definition) is 0. The van der Waals surface area contributed by atoms with Crippen LogP contribution in [0.15, 0.2) is 47.1 Å². The molecule has 0 bridgehead atoms. The normalized spacial score (nSPS) is 14.7. The number of esters is 1. The van der Waals surface area contributed by atoms with Crippen LogP contribution in [-0.4, -0.2) is 31.3 Å². The molecule has 0 spiro atoms. The zero-order valence-electron chi connectivity index (χ0n) is 14.5. The number of methoxy groups -OCH3 is 1. The van der Waals surface area contributed by atoms with E-state index in [0.717, 1.165) is 46.3 Å². The third-order valence-electron chi connectivity index (χ3n) is 4.53. The van der Waals surface area contributed by atoms with Gasteiger partial charge in [0.2, 0.25) is 0 Å². The summed E-state index contributed by atoms with van der Waals surface area (Å²) >= 11 is 0. The molecule has 0 radical (unpaired) electrons. The molecule has 5 nitrogen and oxygen atoms in total. The van der Waals surface area contributed by atoms with Gasteiger partial charge in [-0.25, -0.2) is 9.78 Å². The van der Waals surface area contributed by atoms with Crippen molar-refractivity contribution in [2.24, 2.45) is 0 Å². The van der Waals surface area contributed by atoms with Crippen LogP contribution < -0.4 is 0 Å². The van der Waals surface area contributed by atoms with Crippen molar-refractivity contribution in [2.75, 3.05) is 20.3 Å². The van der Waals surface area contributed by atoms with Gasteiger partial charge in [0.25, 0.3) is 0 Å². The summed E-state index contributed by atoms with van der Waals surface area (Å²) in [5.74, 6) is 0.461. The molecule has 26 heavy (non-hydrogen) atoms. The summed E-state index contributed by atoms with van der Waals surface area (Å²) in [5.41, 5.74) is 4.29. The molecule has 5 heteroatoms. The fraction of sp³-hybridized carbons (Fsp3) is 0.238. The Balaban J connectivity index is 1.82. The van der Waals surface area contributed by atoms with Gasteiger partial charge in [-0.1, -0.05) is 18.2 Å². The third-order valence-corrected chi connectivity index (χ3v) is 4.53. The van der Waals surface area contributed by atoms with Gasteiger partial charge >= 0.3 is 5.97 Å². The lowest BCUT2D eigenvalue weighted by Gasteiger charge is -2.12. The Labute approximate surface area is 151 Å². The second kappa shape index (κ2) is 7.14. The Kier molecular flexibility index (Phi) is 4.54. The third kappa shape index (κ3) is 3.02.